The van der Waals surface area contributed by atoms with E-state index in [0.717, 1.165) is 48.5 Å². The van der Waals surface area contributed by atoms with Gasteiger partial charge in [-0.2, -0.15) is 0 Å². The van der Waals surface area contributed by atoms with Gasteiger partial charge in [-0.25, -0.2) is 0 Å². The Labute approximate surface area is 166 Å². The van der Waals surface area contributed by atoms with Crippen LogP contribution in [-0.2, 0) is 11.2 Å². The summed E-state index contributed by atoms with van der Waals surface area (Å²) in [4.78, 5) is 15.1. The highest BCUT2D eigenvalue weighted by Gasteiger charge is 2.34. The van der Waals surface area contributed by atoms with Gasteiger partial charge in [-0.05, 0) is 73.6 Å². The second-order valence-electron chi connectivity index (χ2n) is 7.61. The van der Waals surface area contributed by atoms with Crippen LogP contribution in [0.4, 0.5) is 0 Å². The highest BCUT2D eigenvalue weighted by molar-refractivity contribution is 5.99. The van der Waals surface area contributed by atoms with Gasteiger partial charge in [0.2, 0.25) is 0 Å². The van der Waals surface area contributed by atoms with Crippen LogP contribution in [-0.4, -0.2) is 43.9 Å². The summed E-state index contributed by atoms with van der Waals surface area (Å²) in [5.74, 6) is 1.63. The molecule has 0 unspecified atom stereocenters. The molecular weight excluding hydrogens is 354 g/mol. The molecule has 5 nitrogen and oxygen atoms in total. The fourth-order valence-electron chi connectivity index (χ4n) is 4.04. The maximum Gasteiger partial charge on any atom is 0.260 e. The van der Waals surface area contributed by atoms with E-state index in [2.05, 4.69) is 19.1 Å². The Bertz CT molecular complexity index is 869. The van der Waals surface area contributed by atoms with Crippen molar-refractivity contribution in [1.29, 1.82) is 0 Å². The molecule has 1 saturated heterocycles. The Kier molecular flexibility index (Phi) is 5.27. The highest BCUT2D eigenvalue weighted by Crippen LogP contribution is 2.35. The summed E-state index contributed by atoms with van der Waals surface area (Å²) in [5.41, 5.74) is 5.24. The Morgan fingerprint density at radius 1 is 1.18 bits per heavy atom. The molecule has 0 spiro atoms. The summed E-state index contributed by atoms with van der Waals surface area (Å²) in [6, 6.07) is 10.2. The van der Waals surface area contributed by atoms with Crippen LogP contribution in [0.5, 0.6) is 11.5 Å². The number of nitrogens with zero attached hydrogens (tertiary/aromatic N) is 1. The molecule has 1 amide bonds. The number of rotatable bonds is 4. The molecule has 1 fully saturated rings. The van der Waals surface area contributed by atoms with Gasteiger partial charge in [0, 0.05) is 6.61 Å². The molecule has 2 aromatic rings. The summed E-state index contributed by atoms with van der Waals surface area (Å²) in [7, 11) is 1.67. The molecule has 4 rings (SSSR count). The second kappa shape index (κ2) is 7.84. The first-order valence-electron chi connectivity index (χ1n) is 9.86. The van der Waals surface area contributed by atoms with E-state index in [9.17, 15) is 4.79 Å². The third kappa shape index (κ3) is 3.47. The third-order valence-electron chi connectivity index (χ3n) is 5.92. The molecule has 2 aliphatic heterocycles. The number of ether oxygens (including phenoxy) is 3. The predicted octanol–water partition coefficient (Wildman–Crippen LogP) is 3.87. The van der Waals surface area contributed by atoms with Gasteiger partial charge in [0.05, 0.1) is 25.3 Å². The molecule has 0 aromatic heterocycles. The Balaban J connectivity index is 1.64. The summed E-state index contributed by atoms with van der Waals surface area (Å²) in [6.45, 7) is 5.81. The van der Waals surface area contributed by atoms with Crippen molar-refractivity contribution in [3.63, 3.8) is 0 Å². The number of fused-ring (bicyclic) bond motifs is 1. The molecule has 2 heterocycles. The van der Waals surface area contributed by atoms with Gasteiger partial charge in [-0.15, -0.1) is 0 Å². The van der Waals surface area contributed by atoms with Crippen LogP contribution >= 0.6 is 0 Å². The largest absolute Gasteiger partial charge is 0.497 e. The lowest BCUT2D eigenvalue weighted by Gasteiger charge is -2.37. The smallest absolute Gasteiger partial charge is 0.260 e. The number of carbonyl (C=O) groups is 1. The monoisotopic (exact) mass is 381 g/mol. The third-order valence-corrected chi connectivity index (χ3v) is 5.92. The minimum atomic E-state index is 0.0517. The molecule has 2 aliphatic rings. The van der Waals surface area contributed by atoms with Crippen molar-refractivity contribution in [3.05, 3.63) is 58.1 Å². The SMILES string of the molecule is COc1ccc(Cc2cc3c(c(C)c2C)OCN([C@@H]2CCCOC2)C3=O)cc1. The number of hydrogen-bond donors (Lipinski definition) is 0. The molecule has 1 atom stereocenters. The topological polar surface area (TPSA) is 48.0 Å². The van der Waals surface area contributed by atoms with Crippen molar-refractivity contribution < 1.29 is 19.0 Å². The molecule has 2 aromatic carbocycles. The Morgan fingerprint density at radius 3 is 2.64 bits per heavy atom. The van der Waals surface area contributed by atoms with Crippen LogP contribution in [0.2, 0.25) is 0 Å². The molecule has 0 bridgehead atoms. The van der Waals surface area contributed by atoms with Crippen LogP contribution in [0, 0.1) is 13.8 Å². The van der Waals surface area contributed by atoms with Gasteiger partial charge >= 0.3 is 0 Å². The van der Waals surface area contributed by atoms with Crippen molar-refractivity contribution >= 4 is 5.91 Å². The number of benzene rings is 2. The van der Waals surface area contributed by atoms with Gasteiger partial charge in [0.25, 0.3) is 5.91 Å². The zero-order valence-electron chi connectivity index (χ0n) is 16.8. The maximum absolute atomic E-state index is 13.2. The average Bonchev–Trinajstić information content (AvgIpc) is 2.73. The first-order chi connectivity index (χ1) is 13.6. The molecule has 28 heavy (non-hydrogen) atoms. The standard InChI is InChI=1S/C23H27NO4/c1-15-16(2)22-21(12-18(15)11-17-6-8-20(26-3)9-7-17)23(25)24(14-28-22)19-5-4-10-27-13-19/h6-9,12,19H,4-5,10-11,13-14H2,1-3H3/t19-/m1/s1. The molecule has 148 valence electrons. The van der Waals surface area contributed by atoms with Crippen molar-refractivity contribution in [3.8, 4) is 11.5 Å². The second-order valence-corrected chi connectivity index (χ2v) is 7.61. The lowest BCUT2D eigenvalue weighted by molar-refractivity contribution is -0.0101. The number of hydrogen-bond acceptors (Lipinski definition) is 4. The average molecular weight is 381 g/mol. The van der Waals surface area contributed by atoms with Crippen LogP contribution in [0.15, 0.2) is 30.3 Å². The summed E-state index contributed by atoms with van der Waals surface area (Å²) in [6.07, 6.45) is 2.72. The number of carbonyl (C=O) groups excluding carboxylic acids is 1. The summed E-state index contributed by atoms with van der Waals surface area (Å²) in [5, 5.41) is 0. The molecular formula is C23H27NO4. The van der Waals surface area contributed by atoms with Crippen LogP contribution in [0.25, 0.3) is 0 Å². The van der Waals surface area contributed by atoms with E-state index in [1.807, 2.05) is 30.0 Å². The molecule has 0 aliphatic carbocycles. The lowest BCUT2D eigenvalue weighted by atomic mass is 9.92. The quantitative estimate of drug-likeness (QED) is 0.807. The van der Waals surface area contributed by atoms with Crippen molar-refractivity contribution in [2.45, 2.75) is 39.2 Å². The molecule has 0 N–H and O–H groups in total. The zero-order chi connectivity index (χ0) is 19.7. The number of methoxy groups -OCH3 is 1. The Hall–Kier alpha value is -2.53. The minimum absolute atomic E-state index is 0.0517. The lowest BCUT2D eigenvalue weighted by Crippen LogP contribution is -2.49. The first-order valence-corrected chi connectivity index (χ1v) is 9.86. The van der Waals surface area contributed by atoms with E-state index in [-0.39, 0.29) is 11.9 Å². The number of amides is 1. The van der Waals surface area contributed by atoms with Crippen molar-refractivity contribution in [2.75, 3.05) is 27.1 Å². The van der Waals surface area contributed by atoms with Gasteiger partial charge in [0.15, 0.2) is 6.73 Å². The zero-order valence-corrected chi connectivity index (χ0v) is 16.8. The van der Waals surface area contributed by atoms with E-state index >= 15 is 0 Å². The minimum Gasteiger partial charge on any atom is -0.497 e. The van der Waals surface area contributed by atoms with E-state index in [4.69, 9.17) is 14.2 Å². The Morgan fingerprint density at radius 2 is 1.96 bits per heavy atom. The van der Waals surface area contributed by atoms with Gasteiger partial charge < -0.3 is 14.2 Å². The van der Waals surface area contributed by atoms with Crippen LogP contribution in [0.1, 0.15) is 45.5 Å². The van der Waals surface area contributed by atoms with E-state index < -0.39 is 0 Å². The van der Waals surface area contributed by atoms with Gasteiger partial charge in [-0.1, -0.05) is 12.1 Å². The fourth-order valence-corrected chi connectivity index (χ4v) is 4.04. The van der Waals surface area contributed by atoms with Gasteiger partial charge in [-0.3, -0.25) is 9.69 Å². The van der Waals surface area contributed by atoms with Crippen molar-refractivity contribution in [1.82, 2.24) is 4.90 Å². The molecule has 0 radical (unpaired) electrons. The van der Waals surface area contributed by atoms with E-state index in [1.54, 1.807) is 7.11 Å². The van der Waals surface area contributed by atoms with E-state index in [1.165, 1.54) is 11.1 Å². The normalized spacial score (nSPS) is 19.2. The van der Waals surface area contributed by atoms with E-state index in [0.29, 0.717) is 18.9 Å². The summed E-state index contributed by atoms with van der Waals surface area (Å²) >= 11 is 0. The van der Waals surface area contributed by atoms with Gasteiger partial charge in [0.1, 0.15) is 11.5 Å². The van der Waals surface area contributed by atoms with Crippen molar-refractivity contribution in [2.24, 2.45) is 0 Å². The molecule has 5 heteroatoms. The van der Waals surface area contributed by atoms with Crippen LogP contribution in [0.3, 0.4) is 0 Å². The predicted molar refractivity (Wildman–Crippen MR) is 107 cm³/mol. The maximum atomic E-state index is 13.2. The fraction of sp³-hybridized carbons (Fsp3) is 0.435. The summed E-state index contributed by atoms with van der Waals surface area (Å²) < 4.78 is 16.9. The van der Waals surface area contributed by atoms with Crippen LogP contribution < -0.4 is 9.47 Å². The first kappa shape index (κ1) is 18.8. The highest BCUT2D eigenvalue weighted by atomic mass is 16.5. The molecule has 0 saturated carbocycles.